The van der Waals surface area contributed by atoms with Crippen LogP contribution in [-0.2, 0) is 9.59 Å². The Morgan fingerprint density at radius 3 is 2.66 bits per heavy atom. The summed E-state index contributed by atoms with van der Waals surface area (Å²) >= 11 is 0. The summed E-state index contributed by atoms with van der Waals surface area (Å²) in [6.07, 6.45) is 0.556. The van der Waals surface area contributed by atoms with E-state index in [2.05, 4.69) is 6.58 Å². The standard InChI is InChI=1S/C22H26F2O5/c1-11-6-13-14-8-16(23)15-7-12(26)4-5-19(15,2)21(14,24)17(27)9-20(13,3)22(11,29)18(28)10-25/h7-8,13-14,17,25,27,29H,1,4-6,9-10H2,2-3H3/t13-,14-,17?,19-,20-,21-,22-/m0/s1. The maximum absolute atomic E-state index is 16.8. The average Bonchev–Trinajstić information content (AvgIpc) is 2.86. The predicted octanol–water partition coefficient (Wildman–Crippen LogP) is 2.11. The van der Waals surface area contributed by atoms with E-state index in [1.807, 2.05) is 0 Å². The summed E-state index contributed by atoms with van der Waals surface area (Å²) in [7, 11) is 0. The van der Waals surface area contributed by atoms with Crippen LogP contribution >= 0.6 is 0 Å². The molecule has 0 bridgehead atoms. The quantitative estimate of drug-likeness (QED) is 0.609. The molecule has 1 unspecified atom stereocenters. The van der Waals surface area contributed by atoms with Crippen LogP contribution in [0, 0.1) is 22.7 Å². The van der Waals surface area contributed by atoms with Crippen molar-refractivity contribution in [1.82, 2.24) is 0 Å². The number of carbonyl (C=O) groups is 2. The minimum atomic E-state index is -2.27. The van der Waals surface area contributed by atoms with Gasteiger partial charge in [0.2, 0.25) is 0 Å². The van der Waals surface area contributed by atoms with E-state index in [1.54, 1.807) is 6.92 Å². The summed E-state index contributed by atoms with van der Waals surface area (Å²) < 4.78 is 31.9. The van der Waals surface area contributed by atoms with Crippen molar-refractivity contribution in [3.05, 3.63) is 35.7 Å². The largest absolute Gasteiger partial charge is 0.390 e. The van der Waals surface area contributed by atoms with E-state index < -0.39 is 58.3 Å². The van der Waals surface area contributed by atoms with Gasteiger partial charge in [0.1, 0.15) is 12.4 Å². The molecule has 0 spiro atoms. The molecule has 4 aliphatic rings. The summed E-state index contributed by atoms with van der Waals surface area (Å²) in [4.78, 5) is 24.3. The average molecular weight is 408 g/mol. The van der Waals surface area contributed by atoms with Gasteiger partial charge in [-0.05, 0) is 42.9 Å². The number of halogens is 2. The predicted molar refractivity (Wildman–Crippen MR) is 100.0 cm³/mol. The molecule has 2 saturated carbocycles. The number of carbonyl (C=O) groups excluding carboxylic acids is 2. The molecular formula is C22H26F2O5. The first-order valence-electron chi connectivity index (χ1n) is 9.92. The molecule has 7 heteroatoms. The lowest BCUT2D eigenvalue weighted by Crippen LogP contribution is -2.69. The smallest absolute Gasteiger partial charge is 0.194 e. The maximum atomic E-state index is 16.8. The van der Waals surface area contributed by atoms with Crippen LogP contribution in [0.5, 0.6) is 0 Å². The van der Waals surface area contributed by atoms with Gasteiger partial charge in [-0.2, -0.15) is 0 Å². The van der Waals surface area contributed by atoms with Gasteiger partial charge in [0.05, 0.1) is 6.10 Å². The minimum Gasteiger partial charge on any atom is -0.390 e. The Morgan fingerprint density at radius 1 is 1.38 bits per heavy atom. The summed E-state index contributed by atoms with van der Waals surface area (Å²) in [6.45, 7) is 5.98. The fraction of sp³-hybridized carbons (Fsp3) is 0.636. The zero-order valence-electron chi connectivity index (χ0n) is 16.5. The van der Waals surface area contributed by atoms with Crippen LogP contribution in [-0.4, -0.2) is 50.9 Å². The van der Waals surface area contributed by atoms with Crippen LogP contribution in [0.15, 0.2) is 35.7 Å². The monoisotopic (exact) mass is 408 g/mol. The molecule has 0 amide bonds. The first kappa shape index (κ1) is 20.6. The number of fused-ring (bicyclic) bond motifs is 5. The summed E-state index contributed by atoms with van der Waals surface area (Å²) in [5.41, 5.74) is -7.02. The molecule has 158 valence electrons. The lowest BCUT2D eigenvalue weighted by Gasteiger charge is -2.61. The van der Waals surface area contributed by atoms with Gasteiger partial charge in [-0.3, -0.25) is 9.59 Å². The number of Topliss-reactive ketones (excluding diaryl/α,β-unsaturated/α-hetero) is 1. The van der Waals surface area contributed by atoms with Gasteiger partial charge in [-0.1, -0.05) is 20.4 Å². The number of allylic oxidation sites excluding steroid dienone is 4. The molecule has 7 atom stereocenters. The SMILES string of the molecule is C=C1C[C@H]2[C@@H]3C=C(F)C4=CC(=O)CC[C@]4(C)[C@@]3(F)C(O)C[C@]2(C)[C@@]1(O)C(=O)CO. The third kappa shape index (κ3) is 2.13. The molecule has 4 rings (SSSR count). The Balaban J connectivity index is 1.93. The van der Waals surface area contributed by atoms with Crippen LogP contribution in [0.3, 0.4) is 0 Å². The first-order chi connectivity index (χ1) is 13.4. The highest BCUT2D eigenvalue weighted by molar-refractivity contribution is 5.94. The van der Waals surface area contributed by atoms with E-state index in [0.717, 1.165) is 12.2 Å². The zero-order chi connectivity index (χ0) is 21.6. The third-order valence-corrected chi connectivity index (χ3v) is 8.39. The van der Waals surface area contributed by atoms with Crippen molar-refractivity contribution >= 4 is 11.6 Å². The molecular weight excluding hydrogens is 382 g/mol. The molecule has 0 radical (unpaired) electrons. The van der Waals surface area contributed by atoms with E-state index in [0.29, 0.717) is 0 Å². The second-order valence-electron chi connectivity index (χ2n) is 9.51. The molecule has 5 nitrogen and oxygen atoms in total. The van der Waals surface area contributed by atoms with Crippen LogP contribution < -0.4 is 0 Å². The van der Waals surface area contributed by atoms with Crippen LogP contribution in [0.1, 0.15) is 39.5 Å². The highest BCUT2D eigenvalue weighted by Crippen LogP contribution is 2.70. The lowest BCUT2D eigenvalue weighted by atomic mass is 9.45. The van der Waals surface area contributed by atoms with Crippen LogP contribution in [0.2, 0.25) is 0 Å². The molecule has 0 aromatic carbocycles. The lowest BCUT2D eigenvalue weighted by molar-refractivity contribution is -0.209. The summed E-state index contributed by atoms with van der Waals surface area (Å²) in [5.74, 6) is -3.67. The second-order valence-corrected chi connectivity index (χ2v) is 9.51. The molecule has 2 fully saturated rings. The van der Waals surface area contributed by atoms with Crippen molar-refractivity contribution < 1.29 is 33.7 Å². The molecule has 0 heterocycles. The van der Waals surface area contributed by atoms with Crippen molar-refractivity contribution in [1.29, 1.82) is 0 Å². The van der Waals surface area contributed by atoms with Crippen molar-refractivity contribution in [2.75, 3.05) is 6.61 Å². The van der Waals surface area contributed by atoms with Crippen LogP contribution in [0.25, 0.3) is 0 Å². The number of hydrogen-bond acceptors (Lipinski definition) is 5. The first-order valence-corrected chi connectivity index (χ1v) is 9.92. The van der Waals surface area contributed by atoms with Gasteiger partial charge >= 0.3 is 0 Å². The molecule has 0 aromatic rings. The maximum Gasteiger partial charge on any atom is 0.194 e. The van der Waals surface area contributed by atoms with Crippen molar-refractivity contribution in [3.8, 4) is 0 Å². The molecule has 0 saturated heterocycles. The Morgan fingerprint density at radius 2 is 2.03 bits per heavy atom. The van der Waals surface area contributed by atoms with Gasteiger partial charge in [-0.15, -0.1) is 0 Å². The topological polar surface area (TPSA) is 94.8 Å². The molecule has 0 aromatic heterocycles. The molecule has 0 aliphatic heterocycles. The summed E-state index contributed by atoms with van der Waals surface area (Å²) in [5, 5.41) is 31.7. The highest BCUT2D eigenvalue weighted by Gasteiger charge is 2.75. The van der Waals surface area contributed by atoms with Gasteiger partial charge in [0.15, 0.2) is 22.8 Å². The normalized spacial score (nSPS) is 49.0. The van der Waals surface area contributed by atoms with Crippen molar-refractivity contribution in [2.24, 2.45) is 22.7 Å². The Bertz CT molecular complexity index is 894. The van der Waals surface area contributed by atoms with E-state index in [1.165, 1.54) is 6.92 Å². The number of rotatable bonds is 2. The van der Waals surface area contributed by atoms with Crippen molar-refractivity contribution in [3.63, 3.8) is 0 Å². The number of alkyl halides is 1. The fourth-order valence-electron chi connectivity index (χ4n) is 6.68. The zero-order valence-corrected chi connectivity index (χ0v) is 16.5. The minimum absolute atomic E-state index is 0.0336. The molecule has 3 N–H and O–H groups in total. The van der Waals surface area contributed by atoms with E-state index in [4.69, 9.17) is 0 Å². The van der Waals surface area contributed by atoms with E-state index in [-0.39, 0.29) is 42.6 Å². The van der Waals surface area contributed by atoms with Crippen molar-refractivity contribution in [2.45, 2.75) is 56.9 Å². The Labute approximate surface area is 167 Å². The highest BCUT2D eigenvalue weighted by atomic mass is 19.1. The number of aliphatic hydroxyl groups excluding tert-OH is 2. The number of hydrogen-bond donors (Lipinski definition) is 3. The van der Waals surface area contributed by atoms with Gasteiger partial charge in [0.25, 0.3) is 0 Å². The number of aliphatic hydroxyl groups is 3. The Hall–Kier alpha value is -1.70. The van der Waals surface area contributed by atoms with Gasteiger partial charge < -0.3 is 15.3 Å². The third-order valence-electron chi connectivity index (χ3n) is 8.39. The number of ketones is 2. The Kier molecular flexibility index (Phi) is 4.20. The molecule has 4 aliphatic carbocycles. The van der Waals surface area contributed by atoms with Gasteiger partial charge in [0, 0.05) is 28.7 Å². The summed E-state index contributed by atoms with van der Waals surface area (Å²) in [6, 6.07) is 0. The second kappa shape index (κ2) is 5.93. The van der Waals surface area contributed by atoms with Crippen LogP contribution in [0.4, 0.5) is 8.78 Å². The van der Waals surface area contributed by atoms with Gasteiger partial charge in [-0.25, -0.2) is 8.78 Å². The molecule has 29 heavy (non-hydrogen) atoms. The van der Waals surface area contributed by atoms with E-state index in [9.17, 15) is 24.9 Å². The van der Waals surface area contributed by atoms with E-state index >= 15 is 8.78 Å². The fourth-order valence-corrected chi connectivity index (χ4v) is 6.68.